The van der Waals surface area contributed by atoms with Crippen LogP contribution >= 0.6 is 27.5 Å². The Morgan fingerprint density at radius 1 is 1.31 bits per heavy atom. The molecule has 0 aliphatic carbocycles. The molecule has 3 rings (SSSR count). The van der Waals surface area contributed by atoms with Crippen LogP contribution in [0.4, 0.5) is 0 Å². The molecule has 0 atom stereocenters. The normalized spacial score (nSPS) is 10.8. The number of halogens is 1. The number of nitrogens with zero attached hydrogens (tertiary/aromatic N) is 3. The summed E-state index contributed by atoms with van der Waals surface area (Å²) in [4.78, 5) is 12.5. The first kappa shape index (κ1) is 18.2. The summed E-state index contributed by atoms with van der Waals surface area (Å²) in [6.45, 7) is 2.17. The van der Waals surface area contributed by atoms with Crippen LogP contribution in [0, 0.1) is 6.92 Å². The molecule has 1 heterocycles. The van der Waals surface area contributed by atoms with E-state index < -0.39 is 0 Å². The zero-order valence-electron chi connectivity index (χ0n) is 13.8. The van der Waals surface area contributed by atoms with E-state index in [9.17, 15) is 4.79 Å². The van der Waals surface area contributed by atoms with Gasteiger partial charge in [0.25, 0.3) is 5.91 Å². The van der Waals surface area contributed by atoms with E-state index >= 15 is 0 Å². The second-order valence-corrected chi connectivity index (χ2v) is 7.01. The predicted octanol–water partition coefficient (Wildman–Crippen LogP) is 3.95. The van der Waals surface area contributed by atoms with Crippen LogP contribution in [0.5, 0.6) is 5.75 Å². The Bertz CT molecular complexity index is 928. The third-order valence-corrected chi connectivity index (χ3v) is 4.76. The summed E-state index contributed by atoms with van der Waals surface area (Å²) in [6, 6.07) is 15.5. The van der Waals surface area contributed by atoms with Crippen LogP contribution in [0.25, 0.3) is 0 Å². The Morgan fingerprint density at radius 2 is 2.12 bits per heavy atom. The molecule has 3 aromatic rings. The lowest BCUT2D eigenvalue weighted by atomic mass is 10.2. The first-order valence-corrected chi connectivity index (χ1v) is 9.29. The number of nitrogens with one attached hydrogen (secondary N) is 1. The van der Waals surface area contributed by atoms with Crippen LogP contribution in [0.15, 0.2) is 58.1 Å². The van der Waals surface area contributed by atoms with Gasteiger partial charge >= 0.3 is 0 Å². The van der Waals surface area contributed by atoms with Gasteiger partial charge in [0.05, 0.1) is 11.9 Å². The summed E-state index contributed by atoms with van der Waals surface area (Å²) in [6.07, 6.45) is 1.55. The van der Waals surface area contributed by atoms with Crippen molar-refractivity contribution in [2.45, 2.75) is 13.5 Å². The summed E-state index contributed by atoms with van der Waals surface area (Å²) >= 11 is 4.47. The van der Waals surface area contributed by atoms with Crippen molar-refractivity contribution in [3.8, 4) is 5.75 Å². The first-order valence-electron chi connectivity index (χ1n) is 7.72. The second-order valence-electron chi connectivity index (χ2n) is 5.34. The second kappa shape index (κ2) is 8.68. The standard InChI is InChI=1S/C18H15BrN4O2S/c1-12-17(26-23-21-12)18(24)22-20-10-14-9-15(19)7-8-16(14)25-11-13-5-3-2-4-6-13/h2-10H,11H2,1H3,(H,22,24)/b20-10-. The number of carbonyl (C=O) groups excluding carboxylic acids is 1. The van der Waals surface area contributed by atoms with Crippen molar-refractivity contribution in [3.05, 3.63) is 74.7 Å². The van der Waals surface area contributed by atoms with Gasteiger partial charge in [-0.2, -0.15) is 5.10 Å². The van der Waals surface area contributed by atoms with Crippen molar-refractivity contribution in [1.29, 1.82) is 0 Å². The number of hydrazone groups is 1. The van der Waals surface area contributed by atoms with Gasteiger partial charge in [0.2, 0.25) is 0 Å². The molecular formula is C18H15BrN4O2S. The Kier molecular flexibility index (Phi) is 6.08. The minimum Gasteiger partial charge on any atom is -0.488 e. The molecule has 0 aliphatic heterocycles. The number of aryl methyl sites for hydroxylation is 1. The Labute approximate surface area is 163 Å². The van der Waals surface area contributed by atoms with Crippen LogP contribution < -0.4 is 10.2 Å². The van der Waals surface area contributed by atoms with Gasteiger partial charge in [-0.1, -0.05) is 50.8 Å². The maximum Gasteiger partial charge on any atom is 0.285 e. The number of aromatic nitrogens is 2. The average Bonchev–Trinajstić information content (AvgIpc) is 3.08. The number of hydrogen-bond acceptors (Lipinski definition) is 6. The molecule has 0 bridgehead atoms. The number of amides is 1. The molecule has 0 saturated heterocycles. The fraction of sp³-hybridized carbons (Fsp3) is 0.111. The molecule has 0 spiro atoms. The highest BCUT2D eigenvalue weighted by Crippen LogP contribution is 2.23. The Hall–Kier alpha value is -2.58. The van der Waals surface area contributed by atoms with Gasteiger partial charge in [-0.05, 0) is 42.2 Å². The lowest BCUT2D eigenvalue weighted by Crippen LogP contribution is -2.17. The van der Waals surface area contributed by atoms with Crippen LogP contribution in [0.1, 0.15) is 26.5 Å². The maximum absolute atomic E-state index is 12.0. The summed E-state index contributed by atoms with van der Waals surface area (Å²) in [5.74, 6) is 0.334. The number of hydrogen-bond donors (Lipinski definition) is 1. The van der Waals surface area contributed by atoms with E-state index in [0.29, 0.717) is 22.9 Å². The van der Waals surface area contributed by atoms with Crippen LogP contribution in [-0.2, 0) is 6.61 Å². The number of ether oxygens (including phenoxy) is 1. The minimum absolute atomic E-state index is 0.337. The van der Waals surface area contributed by atoms with Gasteiger partial charge in [-0.15, -0.1) is 5.10 Å². The quantitative estimate of drug-likeness (QED) is 0.474. The molecule has 132 valence electrons. The summed E-state index contributed by atoms with van der Waals surface area (Å²) in [5.41, 5.74) is 4.88. The number of benzene rings is 2. The molecule has 1 aromatic heterocycles. The van der Waals surface area contributed by atoms with Crippen LogP contribution in [0.3, 0.4) is 0 Å². The van der Waals surface area contributed by atoms with E-state index in [-0.39, 0.29) is 5.91 Å². The van der Waals surface area contributed by atoms with Crippen molar-refractivity contribution in [2.75, 3.05) is 0 Å². The summed E-state index contributed by atoms with van der Waals surface area (Å²) in [5, 5.41) is 7.83. The van der Waals surface area contributed by atoms with Crippen molar-refractivity contribution in [1.82, 2.24) is 15.0 Å². The Balaban J connectivity index is 1.69. The lowest BCUT2D eigenvalue weighted by molar-refractivity contribution is 0.0958. The third-order valence-electron chi connectivity index (χ3n) is 3.44. The van der Waals surface area contributed by atoms with E-state index in [1.807, 2.05) is 48.5 Å². The molecule has 1 N–H and O–H groups in total. The summed E-state index contributed by atoms with van der Waals surface area (Å²) in [7, 11) is 0. The molecule has 0 unspecified atom stereocenters. The minimum atomic E-state index is -0.337. The van der Waals surface area contributed by atoms with Crippen LogP contribution in [-0.4, -0.2) is 21.7 Å². The van der Waals surface area contributed by atoms with Crippen molar-refractivity contribution < 1.29 is 9.53 Å². The average molecular weight is 431 g/mol. The van der Waals surface area contributed by atoms with Crippen LogP contribution in [0.2, 0.25) is 0 Å². The van der Waals surface area contributed by atoms with Gasteiger partial charge in [-0.25, -0.2) is 5.43 Å². The highest BCUT2D eigenvalue weighted by atomic mass is 79.9. The zero-order valence-corrected chi connectivity index (χ0v) is 16.3. The van der Waals surface area contributed by atoms with Crippen molar-refractivity contribution >= 4 is 39.6 Å². The van der Waals surface area contributed by atoms with Gasteiger partial charge in [-0.3, -0.25) is 4.79 Å². The molecule has 1 amide bonds. The Morgan fingerprint density at radius 3 is 2.85 bits per heavy atom. The molecule has 2 aromatic carbocycles. The van der Waals surface area contributed by atoms with Gasteiger partial charge in [0, 0.05) is 10.0 Å². The van der Waals surface area contributed by atoms with Gasteiger partial charge in [0.15, 0.2) is 0 Å². The SMILES string of the molecule is Cc1nnsc1C(=O)N/N=C\c1cc(Br)ccc1OCc1ccccc1. The topological polar surface area (TPSA) is 76.5 Å². The number of carbonyl (C=O) groups is 1. The molecule has 0 aliphatic rings. The zero-order chi connectivity index (χ0) is 18.4. The van der Waals surface area contributed by atoms with E-state index in [1.165, 1.54) is 0 Å². The smallest absolute Gasteiger partial charge is 0.285 e. The van der Waals surface area contributed by atoms with E-state index in [1.54, 1.807) is 13.1 Å². The highest BCUT2D eigenvalue weighted by Gasteiger charge is 2.12. The monoisotopic (exact) mass is 430 g/mol. The van der Waals surface area contributed by atoms with E-state index in [2.05, 4.69) is 36.0 Å². The van der Waals surface area contributed by atoms with Gasteiger partial charge in [0.1, 0.15) is 17.2 Å². The van der Waals surface area contributed by atoms with Gasteiger partial charge < -0.3 is 4.74 Å². The molecule has 8 heteroatoms. The molecule has 0 fully saturated rings. The first-order chi connectivity index (χ1) is 12.6. The third kappa shape index (κ3) is 4.74. The van der Waals surface area contributed by atoms with Crippen molar-refractivity contribution in [2.24, 2.45) is 5.10 Å². The van der Waals surface area contributed by atoms with E-state index in [4.69, 9.17) is 4.74 Å². The molecule has 26 heavy (non-hydrogen) atoms. The predicted molar refractivity (Wildman–Crippen MR) is 105 cm³/mol. The fourth-order valence-corrected chi connectivity index (χ4v) is 3.06. The molecule has 0 saturated carbocycles. The maximum atomic E-state index is 12.0. The largest absolute Gasteiger partial charge is 0.488 e. The summed E-state index contributed by atoms with van der Waals surface area (Å²) < 4.78 is 10.5. The fourth-order valence-electron chi connectivity index (χ4n) is 2.14. The lowest BCUT2D eigenvalue weighted by Gasteiger charge is -2.09. The molecule has 0 radical (unpaired) electrons. The molecular weight excluding hydrogens is 416 g/mol. The molecule has 6 nitrogen and oxygen atoms in total. The van der Waals surface area contributed by atoms with Crippen molar-refractivity contribution in [3.63, 3.8) is 0 Å². The highest BCUT2D eigenvalue weighted by molar-refractivity contribution is 9.10. The number of rotatable bonds is 6. The van der Waals surface area contributed by atoms with E-state index in [0.717, 1.165) is 27.1 Å².